The Morgan fingerprint density at radius 1 is 1.67 bits per heavy atom. The predicted octanol–water partition coefficient (Wildman–Crippen LogP) is 0.990. The van der Waals surface area contributed by atoms with Crippen molar-refractivity contribution in [1.82, 2.24) is 4.31 Å². The minimum absolute atomic E-state index is 0.147. The minimum Gasteiger partial charge on any atom is -0.446 e. The van der Waals surface area contributed by atoms with E-state index in [4.69, 9.17) is 9.29 Å². The van der Waals surface area contributed by atoms with Crippen molar-refractivity contribution in [3.8, 4) is 0 Å². The van der Waals surface area contributed by atoms with Gasteiger partial charge in [0.1, 0.15) is 0 Å². The van der Waals surface area contributed by atoms with Crippen LogP contribution in [0.4, 0.5) is 4.79 Å². The molecule has 0 heterocycles. The molecule has 0 aromatic rings. The van der Waals surface area contributed by atoms with E-state index >= 15 is 0 Å². The molecule has 72 valence electrons. The van der Waals surface area contributed by atoms with Gasteiger partial charge < -0.3 is 4.74 Å². The summed E-state index contributed by atoms with van der Waals surface area (Å²) in [5.41, 5.74) is 0. The Morgan fingerprint density at radius 2 is 2.17 bits per heavy atom. The van der Waals surface area contributed by atoms with Crippen molar-refractivity contribution in [3.05, 3.63) is 0 Å². The summed E-state index contributed by atoms with van der Waals surface area (Å²) in [6.45, 7) is 5.09. The van der Waals surface area contributed by atoms with Crippen molar-refractivity contribution in [3.63, 3.8) is 0 Å². The third-order valence-electron chi connectivity index (χ3n) is 1.02. The molecule has 6 heteroatoms. The van der Waals surface area contributed by atoms with Gasteiger partial charge in [0.15, 0.2) is 0 Å². The Balaban J connectivity index is 4.13. The Labute approximate surface area is 74.1 Å². The quantitative estimate of drug-likeness (QED) is 0.682. The number of rotatable bonds is 3. The number of carbonyl (C=O) groups is 1. The van der Waals surface area contributed by atoms with Crippen molar-refractivity contribution < 1.29 is 18.3 Å². The topological polar surface area (TPSA) is 66.8 Å². The fraction of sp³-hybridized carbons (Fsp3) is 0.833. The van der Waals surface area contributed by atoms with Crippen LogP contribution in [-0.4, -0.2) is 31.8 Å². The zero-order valence-corrected chi connectivity index (χ0v) is 8.13. The summed E-state index contributed by atoms with van der Waals surface area (Å²) in [4.78, 5) is 11.0. The fourth-order valence-corrected chi connectivity index (χ4v) is 0.955. The van der Waals surface area contributed by atoms with Gasteiger partial charge in [0.05, 0.1) is 6.10 Å². The standard InChI is InChI=1S/C6H13NO4S/c1-4-7(12(9)10)6(8)11-5(2)3/h5H,4H2,1-3H3,(H,9,10). The lowest BCUT2D eigenvalue weighted by Gasteiger charge is -2.16. The molecule has 0 aliphatic heterocycles. The van der Waals surface area contributed by atoms with E-state index in [1.165, 1.54) is 0 Å². The van der Waals surface area contributed by atoms with Crippen LogP contribution in [-0.2, 0) is 16.0 Å². The number of hydrogen-bond donors (Lipinski definition) is 1. The average Bonchev–Trinajstić information content (AvgIpc) is 1.85. The molecule has 1 unspecified atom stereocenters. The smallest absolute Gasteiger partial charge is 0.423 e. The second-order valence-corrected chi connectivity index (χ2v) is 3.26. The van der Waals surface area contributed by atoms with Crippen LogP contribution in [0.25, 0.3) is 0 Å². The van der Waals surface area contributed by atoms with Crippen LogP contribution < -0.4 is 0 Å². The molecule has 1 N–H and O–H groups in total. The Hall–Kier alpha value is -0.620. The number of ether oxygens (including phenoxy) is 1. The Morgan fingerprint density at radius 3 is 2.42 bits per heavy atom. The molecule has 0 aromatic carbocycles. The maximum Gasteiger partial charge on any atom is 0.423 e. The first-order valence-corrected chi connectivity index (χ1v) is 4.64. The van der Waals surface area contributed by atoms with Gasteiger partial charge in [-0.15, -0.1) is 0 Å². The van der Waals surface area contributed by atoms with Crippen molar-refractivity contribution >= 4 is 17.4 Å². The highest BCUT2D eigenvalue weighted by Gasteiger charge is 2.18. The SMILES string of the molecule is CCN(C(=O)OC(C)C)S(=O)O. The molecule has 0 rings (SSSR count). The lowest BCUT2D eigenvalue weighted by atomic mass is 10.5. The van der Waals surface area contributed by atoms with Crippen LogP contribution in [0.3, 0.4) is 0 Å². The molecule has 0 fully saturated rings. The lowest BCUT2D eigenvalue weighted by Crippen LogP contribution is -2.34. The summed E-state index contributed by atoms with van der Waals surface area (Å²) in [6, 6.07) is 0. The zero-order valence-electron chi connectivity index (χ0n) is 7.31. The third-order valence-corrected chi connectivity index (χ3v) is 1.80. The Kier molecular flexibility index (Phi) is 4.84. The zero-order chi connectivity index (χ0) is 9.72. The molecule has 0 saturated heterocycles. The molecule has 0 aliphatic carbocycles. The van der Waals surface area contributed by atoms with E-state index < -0.39 is 17.4 Å². The fourth-order valence-electron chi connectivity index (χ4n) is 0.564. The molecule has 12 heavy (non-hydrogen) atoms. The van der Waals surface area contributed by atoms with Gasteiger partial charge in [0, 0.05) is 6.54 Å². The van der Waals surface area contributed by atoms with Crippen LogP contribution in [0, 0.1) is 0 Å². The normalized spacial score (nSPS) is 12.8. The summed E-state index contributed by atoms with van der Waals surface area (Å²) in [7, 11) is 0. The highest BCUT2D eigenvalue weighted by Crippen LogP contribution is 1.99. The monoisotopic (exact) mass is 195 g/mol. The van der Waals surface area contributed by atoms with Crippen LogP contribution >= 0.6 is 0 Å². The molecule has 5 nitrogen and oxygen atoms in total. The van der Waals surface area contributed by atoms with Crippen molar-refractivity contribution in [1.29, 1.82) is 0 Å². The van der Waals surface area contributed by atoms with Gasteiger partial charge in [-0.2, -0.15) is 0 Å². The highest BCUT2D eigenvalue weighted by atomic mass is 32.2. The molecular weight excluding hydrogens is 182 g/mol. The minimum atomic E-state index is -2.29. The van der Waals surface area contributed by atoms with Crippen molar-refractivity contribution in [2.24, 2.45) is 0 Å². The van der Waals surface area contributed by atoms with Gasteiger partial charge in [-0.25, -0.2) is 13.3 Å². The maximum absolute atomic E-state index is 11.0. The Bertz CT molecular complexity index is 182. The third kappa shape index (κ3) is 3.68. The first-order chi connectivity index (χ1) is 5.49. The van der Waals surface area contributed by atoms with Gasteiger partial charge in [-0.1, -0.05) is 0 Å². The van der Waals surface area contributed by atoms with E-state index in [1.807, 2.05) is 0 Å². The number of amides is 1. The van der Waals surface area contributed by atoms with E-state index in [2.05, 4.69) is 0 Å². The first kappa shape index (κ1) is 11.4. The molecule has 0 aromatic heterocycles. The van der Waals surface area contributed by atoms with Gasteiger partial charge in [-0.05, 0) is 20.8 Å². The van der Waals surface area contributed by atoms with E-state index in [1.54, 1.807) is 20.8 Å². The largest absolute Gasteiger partial charge is 0.446 e. The van der Waals surface area contributed by atoms with Crippen LogP contribution in [0.15, 0.2) is 0 Å². The second kappa shape index (κ2) is 5.10. The molecule has 1 atom stereocenters. The number of carbonyl (C=O) groups excluding carboxylic acids is 1. The van der Waals surface area contributed by atoms with E-state index in [-0.39, 0.29) is 12.6 Å². The maximum atomic E-state index is 11.0. The van der Waals surface area contributed by atoms with E-state index in [0.717, 1.165) is 4.31 Å². The van der Waals surface area contributed by atoms with Gasteiger partial charge in [0.25, 0.3) is 11.3 Å². The summed E-state index contributed by atoms with van der Waals surface area (Å²) in [5.74, 6) is 0. The van der Waals surface area contributed by atoms with E-state index in [9.17, 15) is 9.00 Å². The number of nitrogens with zero attached hydrogens (tertiary/aromatic N) is 1. The second-order valence-electron chi connectivity index (χ2n) is 2.36. The summed E-state index contributed by atoms with van der Waals surface area (Å²) < 4.78 is 24.5. The summed E-state index contributed by atoms with van der Waals surface area (Å²) >= 11 is -2.29. The molecule has 0 aliphatic rings. The van der Waals surface area contributed by atoms with Gasteiger partial charge in [0.2, 0.25) is 0 Å². The van der Waals surface area contributed by atoms with Crippen LogP contribution in [0.5, 0.6) is 0 Å². The highest BCUT2D eigenvalue weighted by molar-refractivity contribution is 7.77. The summed E-state index contributed by atoms with van der Waals surface area (Å²) in [5, 5.41) is 0. The molecule has 0 saturated carbocycles. The van der Waals surface area contributed by atoms with E-state index in [0.29, 0.717) is 0 Å². The van der Waals surface area contributed by atoms with Crippen LogP contribution in [0.2, 0.25) is 0 Å². The van der Waals surface area contributed by atoms with Gasteiger partial charge in [-0.3, -0.25) is 4.55 Å². The number of hydrogen-bond acceptors (Lipinski definition) is 3. The molecular formula is C6H13NO4S. The average molecular weight is 195 g/mol. The molecule has 1 amide bonds. The summed E-state index contributed by atoms with van der Waals surface area (Å²) in [6.07, 6.45) is -1.05. The van der Waals surface area contributed by atoms with Gasteiger partial charge >= 0.3 is 6.09 Å². The molecule has 0 bridgehead atoms. The first-order valence-electron chi connectivity index (χ1n) is 3.58. The molecule has 0 radical (unpaired) electrons. The van der Waals surface area contributed by atoms with Crippen molar-refractivity contribution in [2.45, 2.75) is 26.9 Å². The molecule has 0 spiro atoms. The predicted molar refractivity (Wildman–Crippen MR) is 44.8 cm³/mol. The lowest BCUT2D eigenvalue weighted by molar-refractivity contribution is 0.0975. The van der Waals surface area contributed by atoms with Crippen molar-refractivity contribution in [2.75, 3.05) is 6.54 Å². The van der Waals surface area contributed by atoms with Crippen LogP contribution in [0.1, 0.15) is 20.8 Å².